The van der Waals surface area contributed by atoms with Crippen molar-refractivity contribution >= 4 is 27.5 Å². The summed E-state index contributed by atoms with van der Waals surface area (Å²) in [6, 6.07) is 10.7. The molecule has 2 aromatic rings. The van der Waals surface area contributed by atoms with E-state index in [-0.39, 0.29) is 23.2 Å². The van der Waals surface area contributed by atoms with Crippen molar-refractivity contribution in [1.82, 2.24) is 9.62 Å². The number of carbonyl (C=O) groups is 2. The van der Waals surface area contributed by atoms with Crippen LogP contribution in [0.4, 0.5) is 10.1 Å². The number of benzene rings is 2. The first-order chi connectivity index (χ1) is 16.0. The van der Waals surface area contributed by atoms with Crippen LogP contribution in [0.25, 0.3) is 0 Å². The summed E-state index contributed by atoms with van der Waals surface area (Å²) in [7, 11) is -4.03. The number of halogens is 1. The molecule has 182 valence electrons. The van der Waals surface area contributed by atoms with Gasteiger partial charge in [0.1, 0.15) is 11.4 Å². The molecule has 1 saturated carbocycles. The summed E-state index contributed by atoms with van der Waals surface area (Å²) in [6.07, 6.45) is 3.67. The molecule has 2 aromatic carbocycles. The first kappa shape index (κ1) is 24.3. The zero-order chi connectivity index (χ0) is 24.7. The van der Waals surface area contributed by atoms with Crippen LogP contribution >= 0.6 is 0 Å². The normalized spacial score (nSPS) is 22.2. The maximum absolute atomic E-state index is 14.4. The lowest BCUT2D eigenvalue weighted by molar-refractivity contribution is -0.133. The average Bonchev–Trinajstić information content (AvgIpc) is 3.29. The number of nitrogens with one attached hydrogen (secondary N) is 1. The molecule has 1 atom stereocenters. The van der Waals surface area contributed by atoms with Gasteiger partial charge < -0.3 is 5.32 Å². The van der Waals surface area contributed by atoms with Gasteiger partial charge in [-0.3, -0.25) is 14.5 Å². The summed E-state index contributed by atoms with van der Waals surface area (Å²) in [5.74, 6) is -1.54. The van der Waals surface area contributed by atoms with E-state index in [1.807, 2.05) is 6.92 Å². The molecule has 1 aliphatic heterocycles. The fourth-order valence-corrected chi connectivity index (χ4v) is 6.21. The van der Waals surface area contributed by atoms with E-state index in [9.17, 15) is 22.4 Å². The highest BCUT2D eigenvalue weighted by Crippen LogP contribution is 2.33. The van der Waals surface area contributed by atoms with E-state index < -0.39 is 39.7 Å². The van der Waals surface area contributed by atoms with Crippen LogP contribution in [-0.2, 0) is 19.6 Å². The Balaban J connectivity index is 1.74. The van der Waals surface area contributed by atoms with Crippen LogP contribution in [0.15, 0.2) is 47.4 Å². The number of hydrogen-bond acceptors (Lipinski definition) is 4. The molecule has 0 bridgehead atoms. The van der Waals surface area contributed by atoms with E-state index in [0.717, 1.165) is 35.6 Å². The quantitative estimate of drug-likeness (QED) is 0.701. The molecular formula is C25H30FN3O4S. The van der Waals surface area contributed by atoms with Crippen LogP contribution in [0.3, 0.4) is 0 Å². The molecule has 1 aliphatic carbocycles. The first-order valence-corrected chi connectivity index (χ1v) is 12.9. The second-order valence-corrected chi connectivity index (χ2v) is 11.4. The van der Waals surface area contributed by atoms with Crippen molar-refractivity contribution in [2.24, 2.45) is 0 Å². The summed E-state index contributed by atoms with van der Waals surface area (Å²) >= 11 is 0. The van der Waals surface area contributed by atoms with Crippen LogP contribution < -0.4 is 10.2 Å². The largest absolute Gasteiger partial charge is 0.351 e. The van der Waals surface area contributed by atoms with Crippen molar-refractivity contribution in [2.75, 3.05) is 18.0 Å². The summed E-state index contributed by atoms with van der Waals surface area (Å²) in [4.78, 5) is 28.3. The Kier molecular flexibility index (Phi) is 6.52. The standard InChI is InChI=1S/C25H30FN3O4S/c1-17-8-12-21(13-9-17)34(32,33)28-15-23(30)29(20-11-10-18(2)22(26)14-20)25(3,16-28)24(31)27-19-6-4-5-7-19/h8-14,19H,4-7,15-16H2,1-3H3,(H,27,31)/t25-/m0/s1. The van der Waals surface area contributed by atoms with Gasteiger partial charge in [0.15, 0.2) is 0 Å². The summed E-state index contributed by atoms with van der Waals surface area (Å²) < 4.78 is 42.3. The van der Waals surface area contributed by atoms with Gasteiger partial charge >= 0.3 is 0 Å². The zero-order valence-corrected chi connectivity index (χ0v) is 20.5. The molecule has 0 spiro atoms. The van der Waals surface area contributed by atoms with Crippen molar-refractivity contribution in [3.05, 3.63) is 59.4 Å². The minimum atomic E-state index is -4.03. The van der Waals surface area contributed by atoms with Gasteiger partial charge in [0.05, 0.1) is 11.4 Å². The highest BCUT2D eigenvalue weighted by atomic mass is 32.2. The van der Waals surface area contributed by atoms with Crippen molar-refractivity contribution in [2.45, 2.75) is 62.9 Å². The average molecular weight is 488 g/mol. The van der Waals surface area contributed by atoms with E-state index >= 15 is 0 Å². The fourth-order valence-electron chi connectivity index (χ4n) is 4.73. The molecule has 1 N–H and O–H groups in total. The number of sulfonamides is 1. The number of amides is 2. The molecule has 34 heavy (non-hydrogen) atoms. The van der Waals surface area contributed by atoms with Crippen molar-refractivity contribution < 1.29 is 22.4 Å². The number of carbonyl (C=O) groups excluding carboxylic acids is 2. The molecule has 1 heterocycles. The SMILES string of the molecule is Cc1ccc(S(=O)(=O)N2CC(=O)N(c3ccc(C)c(F)c3)[C@](C)(C(=O)NC3CCCC3)C2)cc1. The third kappa shape index (κ3) is 4.46. The topological polar surface area (TPSA) is 86.8 Å². The van der Waals surface area contributed by atoms with E-state index in [2.05, 4.69) is 5.32 Å². The minimum Gasteiger partial charge on any atom is -0.351 e. The molecule has 0 aromatic heterocycles. The van der Waals surface area contributed by atoms with Gasteiger partial charge in [-0.15, -0.1) is 0 Å². The lowest BCUT2D eigenvalue weighted by atomic mass is 9.93. The third-order valence-corrected chi connectivity index (χ3v) is 8.60. The van der Waals surface area contributed by atoms with Crippen LogP contribution in [0.2, 0.25) is 0 Å². The highest BCUT2D eigenvalue weighted by molar-refractivity contribution is 7.89. The second kappa shape index (κ2) is 9.11. The molecule has 9 heteroatoms. The van der Waals surface area contributed by atoms with Crippen molar-refractivity contribution in [1.29, 1.82) is 0 Å². The Morgan fingerprint density at radius 3 is 2.35 bits per heavy atom. The van der Waals surface area contributed by atoms with Crippen molar-refractivity contribution in [3.63, 3.8) is 0 Å². The van der Waals surface area contributed by atoms with Crippen LogP contribution in [0.5, 0.6) is 0 Å². The molecule has 1 saturated heterocycles. The number of anilines is 1. The lowest BCUT2D eigenvalue weighted by Gasteiger charge is -2.47. The fraction of sp³-hybridized carbons (Fsp3) is 0.440. The van der Waals surface area contributed by atoms with Gasteiger partial charge in [-0.05, 0) is 63.4 Å². The summed E-state index contributed by atoms with van der Waals surface area (Å²) in [5.41, 5.74) is -0.0160. The predicted octanol–water partition coefficient (Wildman–Crippen LogP) is 3.30. The number of piperazine rings is 1. The Hall–Kier alpha value is -2.78. The van der Waals surface area contributed by atoms with Crippen LogP contribution in [0.1, 0.15) is 43.7 Å². The van der Waals surface area contributed by atoms with Crippen LogP contribution in [-0.4, -0.2) is 49.2 Å². The van der Waals surface area contributed by atoms with Crippen molar-refractivity contribution in [3.8, 4) is 0 Å². The molecule has 0 radical (unpaired) electrons. The summed E-state index contributed by atoms with van der Waals surface area (Å²) in [6.45, 7) is 4.31. The number of aryl methyl sites for hydroxylation is 2. The molecule has 4 rings (SSSR count). The van der Waals surface area contributed by atoms with Gasteiger partial charge in [0.25, 0.3) is 0 Å². The Morgan fingerprint density at radius 2 is 1.74 bits per heavy atom. The van der Waals surface area contributed by atoms with E-state index in [0.29, 0.717) is 5.56 Å². The third-order valence-electron chi connectivity index (χ3n) is 6.79. The number of nitrogens with zero attached hydrogens (tertiary/aromatic N) is 2. The van der Waals surface area contributed by atoms with E-state index in [1.54, 1.807) is 38.1 Å². The van der Waals surface area contributed by atoms with Gasteiger partial charge in [0.2, 0.25) is 21.8 Å². The minimum absolute atomic E-state index is 0.0277. The Morgan fingerprint density at radius 1 is 1.09 bits per heavy atom. The first-order valence-electron chi connectivity index (χ1n) is 11.5. The molecule has 0 unspecified atom stereocenters. The smallest absolute Gasteiger partial charge is 0.247 e. The maximum atomic E-state index is 14.4. The lowest BCUT2D eigenvalue weighted by Crippen LogP contribution is -2.70. The van der Waals surface area contributed by atoms with Gasteiger partial charge in [-0.25, -0.2) is 12.8 Å². The van der Waals surface area contributed by atoms with Crippen LogP contribution in [0, 0.1) is 19.7 Å². The Labute approximate surface area is 200 Å². The molecular weight excluding hydrogens is 457 g/mol. The molecule has 2 fully saturated rings. The Bertz CT molecular complexity index is 1210. The second-order valence-electron chi connectivity index (χ2n) is 9.48. The van der Waals surface area contributed by atoms with E-state index in [1.165, 1.54) is 23.1 Å². The summed E-state index contributed by atoms with van der Waals surface area (Å²) in [5, 5.41) is 3.01. The number of hydrogen-bond donors (Lipinski definition) is 1. The van der Waals surface area contributed by atoms with Gasteiger partial charge in [-0.2, -0.15) is 4.31 Å². The monoisotopic (exact) mass is 487 g/mol. The molecule has 2 amide bonds. The van der Waals surface area contributed by atoms with Gasteiger partial charge in [0, 0.05) is 18.3 Å². The van der Waals surface area contributed by atoms with E-state index in [4.69, 9.17) is 0 Å². The zero-order valence-electron chi connectivity index (χ0n) is 19.7. The van der Waals surface area contributed by atoms with Gasteiger partial charge in [-0.1, -0.05) is 36.6 Å². The highest BCUT2D eigenvalue weighted by Gasteiger charge is 2.51. The molecule has 7 nitrogen and oxygen atoms in total. The maximum Gasteiger partial charge on any atom is 0.247 e. The predicted molar refractivity (Wildman–Crippen MR) is 127 cm³/mol. The number of rotatable bonds is 5. The molecule has 2 aliphatic rings.